The zero-order valence-electron chi connectivity index (χ0n) is 7.24. The van der Waals surface area contributed by atoms with Crippen LogP contribution in [0.15, 0.2) is 0 Å². The summed E-state index contributed by atoms with van der Waals surface area (Å²) in [6.07, 6.45) is -0.119. The van der Waals surface area contributed by atoms with Gasteiger partial charge in [-0.2, -0.15) is 5.10 Å². The molecule has 0 saturated heterocycles. The van der Waals surface area contributed by atoms with Gasteiger partial charge in [-0.15, -0.1) is 0 Å². The van der Waals surface area contributed by atoms with E-state index in [4.69, 9.17) is 9.84 Å². The molecule has 12 heavy (non-hydrogen) atoms. The lowest BCUT2D eigenvalue weighted by Gasteiger charge is -2.05. The van der Waals surface area contributed by atoms with Gasteiger partial charge in [-0.3, -0.25) is 5.10 Å². The monoisotopic (exact) mass is 171 g/mol. The number of aromatic amines is 1. The smallest absolute Gasteiger partial charge is 0.179 e. The first-order valence-corrected chi connectivity index (χ1v) is 3.91. The van der Waals surface area contributed by atoms with Gasteiger partial charge in [0.2, 0.25) is 0 Å². The third-order valence-corrected chi connectivity index (χ3v) is 1.48. The first kappa shape index (κ1) is 9.15. The van der Waals surface area contributed by atoms with E-state index in [2.05, 4.69) is 15.2 Å². The van der Waals surface area contributed by atoms with E-state index in [1.165, 1.54) is 0 Å². The summed E-state index contributed by atoms with van der Waals surface area (Å²) in [6, 6.07) is 0. The molecule has 5 heteroatoms. The molecule has 5 nitrogen and oxygen atoms in total. The van der Waals surface area contributed by atoms with E-state index in [9.17, 15) is 0 Å². The number of H-pyrrole nitrogens is 1. The van der Waals surface area contributed by atoms with Crippen molar-refractivity contribution in [2.24, 2.45) is 0 Å². The van der Waals surface area contributed by atoms with Crippen molar-refractivity contribution < 1.29 is 9.84 Å². The molecule has 0 amide bonds. The van der Waals surface area contributed by atoms with Gasteiger partial charge in [-0.05, 0) is 13.8 Å². The average Bonchev–Trinajstić information content (AvgIpc) is 2.52. The number of ether oxygens (including phenoxy) is 1. The molecular formula is C7H13N3O2. The molecule has 0 spiro atoms. The molecule has 0 bridgehead atoms. The Morgan fingerprint density at radius 1 is 1.67 bits per heavy atom. The van der Waals surface area contributed by atoms with Crippen LogP contribution in [-0.4, -0.2) is 26.9 Å². The number of nitrogens with one attached hydrogen (secondary N) is 1. The zero-order chi connectivity index (χ0) is 8.97. The summed E-state index contributed by atoms with van der Waals surface area (Å²) in [7, 11) is 0. The van der Waals surface area contributed by atoms with Crippen LogP contribution in [0.4, 0.5) is 0 Å². The molecule has 1 unspecified atom stereocenters. The lowest BCUT2D eigenvalue weighted by molar-refractivity contribution is 0.0702. The van der Waals surface area contributed by atoms with E-state index in [1.54, 1.807) is 0 Å². The van der Waals surface area contributed by atoms with Gasteiger partial charge < -0.3 is 9.84 Å². The minimum atomic E-state index is -0.119. The Kier molecular flexibility index (Phi) is 3.19. The van der Waals surface area contributed by atoms with Gasteiger partial charge in [0.25, 0.3) is 0 Å². The number of aliphatic hydroxyl groups excluding tert-OH is 1. The Morgan fingerprint density at radius 2 is 2.42 bits per heavy atom. The van der Waals surface area contributed by atoms with Crippen LogP contribution in [0.25, 0.3) is 0 Å². The van der Waals surface area contributed by atoms with E-state index in [0.717, 1.165) is 0 Å². The van der Waals surface area contributed by atoms with Crippen LogP contribution in [0.5, 0.6) is 0 Å². The molecule has 0 aliphatic rings. The topological polar surface area (TPSA) is 71.0 Å². The molecule has 1 heterocycles. The minimum Gasteiger partial charge on any atom is -0.388 e. The summed E-state index contributed by atoms with van der Waals surface area (Å²) in [4.78, 5) is 4.01. The van der Waals surface area contributed by atoms with Crippen LogP contribution < -0.4 is 0 Å². The number of hydrogen-bond acceptors (Lipinski definition) is 4. The van der Waals surface area contributed by atoms with E-state index >= 15 is 0 Å². The molecule has 1 aromatic heterocycles. The summed E-state index contributed by atoms with van der Waals surface area (Å²) < 4.78 is 5.26. The summed E-state index contributed by atoms with van der Waals surface area (Å²) in [5.41, 5.74) is 0. The minimum absolute atomic E-state index is 0.119. The molecule has 2 N–H and O–H groups in total. The van der Waals surface area contributed by atoms with Crippen molar-refractivity contribution in [3.8, 4) is 0 Å². The predicted octanol–water partition coefficient (Wildman–Crippen LogP) is 0.394. The highest BCUT2D eigenvalue weighted by molar-refractivity contribution is 4.91. The van der Waals surface area contributed by atoms with Crippen LogP contribution >= 0.6 is 0 Å². The number of aromatic nitrogens is 3. The van der Waals surface area contributed by atoms with Gasteiger partial charge in [-0.25, -0.2) is 4.98 Å². The van der Waals surface area contributed by atoms with Crippen molar-refractivity contribution in [3.05, 3.63) is 11.6 Å². The SMILES string of the molecule is CCOC(C)c1n[nH]c(CO)n1. The van der Waals surface area contributed by atoms with Crippen molar-refractivity contribution in [2.45, 2.75) is 26.6 Å². The fourth-order valence-corrected chi connectivity index (χ4v) is 0.887. The van der Waals surface area contributed by atoms with Gasteiger partial charge in [0, 0.05) is 6.61 Å². The zero-order valence-corrected chi connectivity index (χ0v) is 7.24. The quantitative estimate of drug-likeness (QED) is 0.687. The Labute approximate surface area is 70.8 Å². The fraction of sp³-hybridized carbons (Fsp3) is 0.714. The van der Waals surface area contributed by atoms with Crippen molar-refractivity contribution in [3.63, 3.8) is 0 Å². The van der Waals surface area contributed by atoms with E-state index in [0.29, 0.717) is 18.3 Å². The molecule has 0 fully saturated rings. The highest BCUT2D eigenvalue weighted by Gasteiger charge is 2.10. The fourth-order valence-electron chi connectivity index (χ4n) is 0.887. The second-order valence-corrected chi connectivity index (χ2v) is 2.40. The highest BCUT2D eigenvalue weighted by Crippen LogP contribution is 2.10. The largest absolute Gasteiger partial charge is 0.388 e. The molecular weight excluding hydrogens is 158 g/mol. The molecule has 68 valence electrons. The van der Waals surface area contributed by atoms with Gasteiger partial charge in [0.05, 0.1) is 0 Å². The maximum atomic E-state index is 8.69. The number of nitrogens with zero attached hydrogens (tertiary/aromatic N) is 2. The highest BCUT2D eigenvalue weighted by atomic mass is 16.5. The van der Waals surface area contributed by atoms with Crippen molar-refractivity contribution >= 4 is 0 Å². The van der Waals surface area contributed by atoms with E-state index in [-0.39, 0.29) is 12.7 Å². The molecule has 0 aromatic carbocycles. The van der Waals surface area contributed by atoms with E-state index < -0.39 is 0 Å². The molecule has 1 aromatic rings. The molecule has 0 aliphatic heterocycles. The predicted molar refractivity (Wildman–Crippen MR) is 42.3 cm³/mol. The van der Waals surface area contributed by atoms with Gasteiger partial charge in [0.1, 0.15) is 18.5 Å². The Balaban J connectivity index is 2.61. The van der Waals surface area contributed by atoms with Crippen molar-refractivity contribution in [1.82, 2.24) is 15.2 Å². The number of aliphatic hydroxyl groups is 1. The second-order valence-electron chi connectivity index (χ2n) is 2.40. The molecule has 1 atom stereocenters. The maximum Gasteiger partial charge on any atom is 0.179 e. The first-order chi connectivity index (χ1) is 5.77. The summed E-state index contributed by atoms with van der Waals surface area (Å²) in [5, 5.41) is 15.2. The summed E-state index contributed by atoms with van der Waals surface area (Å²) in [5.74, 6) is 1.05. The maximum absolute atomic E-state index is 8.69. The summed E-state index contributed by atoms with van der Waals surface area (Å²) in [6.45, 7) is 4.29. The van der Waals surface area contributed by atoms with Crippen LogP contribution in [0.2, 0.25) is 0 Å². The third kappa shape index (κ3) is 2.02. The van der Waals surface area contributed by atoms with Crippen LogP contribution in [0, 0.1) is 0 Å². The Hall–Kier alpha value is -0.940. The van der Waals surface area contributed by atoms with Crippen LogP contribution in [0.3, 0.4) is 0 Å². The average molecular weight is 171 g/mol. The van der Waals surface area contributed by atoms with Crippen molar-refractivity contribution in [1.29, 1.82) is 0 Å². The van der Waals surface area contributed by atoms with E-state index in [1.807, 2.05) is 13.8 Å². The molecule has 0 radical (unpaired) electrons. The Bertz CT molecular complexity index is 236. The summed E-state index contributed by atoms with van der Waals surface area (Å²) >= 11 is 0. The number of rotatable bonds is 4. The molecule has 1 rings (SSSR count). The number of hydrogen-bond donors (Lipinski definition) is 2. The van der Waals surface area contributed by atoms with Gasteiger partial charge in [0.15, 0.2) is 5.82 Å². The Morgan fingerprint density at radius 3 is 2.92 bits per heavy atom. The second kappa shape index (κ2) is 4.18. The van der Waals surface area contributed by atoms with Gasteiger partial charge >= 0.3 is 0 Å². The standard InChI is InChI=1S/C7H13N3O2/c1-3-12-5(2)7-8-6(4-11)9-10-7/h5,11H,3-4H2,1-2H3,(H,8,9,10). The van der Waals surface area contributed by atoms with Gasteiger partial charge in [-0.1, -0.05) is 0 Å². The molecule has 0 aliphatic carbocycles. The lowest BCUT2D eigenvalue weighted by Crippen LogP contribution is -2.01. The normalized spacial score (nSPS) is 13.2. The molecule has 0 saturated carbocycles. The van der Waals surface area contributed by atoms with Crippen molar-refractivity contribution in [2.75, 3.05) is 6.61 Å². The van der Waals surface area contributed by atoms with Crippen LogP contribution in [-0.2, 0) is 11.3 Å². The van der Waals surface area contributed by atoms with Crippen LogP contribution in [0.1, 0.15) is 31.6 Å². The first-order valence-electron chi connectivity index (χ1n) is 3.91. The third-order valence-electron chi connectivity index (χ3n) is 1.48. The lowest BCUT2D eigenvalue weighted by atomic mass is 10.4.